The van der Waals surface area contributed by atoms with E-state index in [2.05, 4.69) is 48.5 Å². The first kappa shape index (κ1) is 22.6. The van der Waals surface area contributed by atoms with Crippen molar-refractivity contribution < 1.29 is 14.3 Å². The molecule has 0 aromatic carbocycles. The smallest absolute Gasteiger partial charge is 0.313 e. The Morgan fingerprint density at radius 1 is 0.727 bits per heavy atom. The highest BCUT2D eigenvalue weighted by molar-refractivity contribution is 5.83. The van der Waals surface area contributed by atoms with Crippen LogP contribution >= 0.6 is 0 Å². The Morgan fingerprint density at radius 2 is 1.42 bits per heavy atom. The Hall–Kier alpha value is -0.860. The Bertz CT molecular complexity index is 922. The summed E-state index contributed by atoms with van der Waals surface area (Å²) in [5.74, 6) is 2.41. The summed E-state index contributed by atoms with van der Waals surface area (Å²) in [6, 6.07) is 0. The molecule has 2 saturated heterocycles. The van der Waals surface area contributed by atoms with Gasteiger partial charge in [-0.2, -0.15) is 0 Å². The van der Waals surface area contributed by atoms with E-state index < -0.39 is 0 Å². The van der Waals surface area contributed by atoms with Gasteiger partial charge in [0.05, 0.1) is 5.41 Å². The topological polar surface area (TPSA) is 43.4 Å². The van der Waals surface area contributed by atoms with Crippen molar-refractivity contribution >= 4 is 11.8 Å². The largest absolute Gasteiger partial charge is 0.461 e. The summed E-state index contributed by atoms with van der Waals surface area (Å²) in [6.07, 6.45) is 11.0. The summed E-state index contributed by atoms with van der Waals surface area (Å²) in [5, 5.41) is 0. The normalized spacial score (nSPS) is 59.1. The van der Waals surface area contributed by atoms with Gasteiger partial charge in [-0.25, -0.2) is 0 Å². The number of ether oxygens (including phenoxy) is 1. The van der Waals surface area contributed by atoms with E-state index in [9.17, 15) is 9.59 Å². The van der Waals surface area contributed by atoms with E-state index in [0.29, 0.717) is 29.0 Å². The van der Waals surface area contributed by atoms with Gasteiger partial charge in [0, 0.05) is 17.8 Å². The van der Waals surface area contributed by atoms with Crippen molar-refractivity contribution in [2.75, 3.05) is 0 Å². The fourth-order valence-electron chi connectivity index (χ4n) is 11.7. The zero-order chi connectivity index (χ0) is 23.8. The molecule has 5 saturated carbocycles. The van der Waals surface area contributed by atoms with Crippen molar-refractivity contribution in [2.45, 2.75) is 119 Å². The lowest BCUT2D eigenvalue weighted by atomic mass is 9.28. The summed E-state index contributed by atoms with van der Waals surface area (Å²) >= 11 is 0. The van der Waals surface area contributed by atoms with Gasteiger partial charge in [-0.05, 0) is 97.2 Å². The van der Waals surface area contributed by atoms with Crippen LogP contribution in [0.4, 0.5) is 0 Å². The van der Waals surface area contributed by atoms with Crippen LogP contribution in [0.2, 0.25) is 0 Å². The maximum atomic E-state index is 14.0. The van der Waals surface area contributed by atoms with Gasteiger partial charge in [0.1, 0.15) is 11.9 Å². The van der Waals surface area contributed by atoms with Crippen LogP contribution in [0.5, 0.6) is 0 Å². The molecule has 0 aromatic heterocycles. The predicted molar refractivity (Wildman–Crippen MR) is 129 cm³/mol. The minimum absolute atomic E-state index is 0.0175. The molecule has 0 amide bonds. The standard InChI is InChI=1S/C30H46O3/c1-18-19(31)8-9-20-26(18,4)11-10-21-27(20,5)14-15-30-22-16-25(2,3)12-13-28(22,6)23(33-24(30)32)17-29(21,30)7/h18,20-23H,8-17H2,1-7H3/t18-,20+,21-,22+,23+,26+,27-,28-,29+,30-/m0/s1. The molecular weight excluding hydrogens is 408 g/mol. The van der Waals surface area contributed by atoms with Crippen LogP contribution in [-0.2, 0) is 14.3 Å². The average molecular weight is 455 g/mol. The number of hydrogen-bond acceptors (Lipinski definition) is 3. The van der Waals surface area contributed by atoms with E-state index in [1.165, 1.54) is 25.7 Å². The number of carbonyl (C=O) groups is 2. The Labute approximate surface area is 201 Å². The third-order valence-corrected chi connectivity index (χ3v) is 13.8. The lowest BCUT2D eigenvalue weighted by Gasteiger charge is -2.77. The molecule has 0 N–H and O–H groups in total. The molecule has 3 heteroatoms. The highest BCUT2D eigenvalue weighted by Crippen LogP contribution is 2.80. The first-order chi connectivity index (χ1) is 15.2. The molecule has 0 radical (unpaired) electrons. The molecule has 1 spiro atoms. The molecule has 0 unspecified atom stereocenters. The first-order valence-corrected chi connectivity index (χ1v) is 14.0. The molecule has 33 heavy (non-hydrogen) atoms. The van der Waals surface area contributed by atoms with E-state index in [4.69, 9.17) is 4.74 Å². The molecule has 7 fully saturated rings. The SMILES string of the molecule is C[C@H]1C(=O)CC[C@@H]2[C@]1(C)CC[C@H]1[C@@]2(C)CC[C@]23C(=O)O[C@H](C[C@]12C)[C@@]1(C)CCC(C)(C)C[C@H]13. The van der Waals surface area contributed by atoms with Crippen LogP contribution in [0.15, 0.2) is 0 Å². The fourth-order valence-corrected chi connectivity index (χ4v) is 11.7. The van der Waals surface area contributed by atoms with Crippen LogP contribution in [0.3, 0.4) is 0 Å². The molecule has 0 aromatic rings. The third kappa shape index (κ3) is 2.39. The quantitative estimate of drug-likeness (QED) is 0.371. The molecule has 2 bridgehead atoms. The second-order valence-electron chi connectivity index (χ2n) is 15.3. The van der Waals surface area contributed by atoms with E-state index in [1.807, 2.05) is 0 Å². The number of Topliss-reactive ketones (excluding diaryl/α,β-unsaturated/α-hetero) is 1. The zero-order valence-electron chi connectivity index (χ0n) is 22.2. The van der Waals surface area contributed by atoms with Crippen LogP contribution in [0.1, 0.15) is 113 Å². The van der Waals surface area contributed by atoms with Gasteiger partial charge in [-0.3, -0.25) is 9.59 Å². The highest BCUT2D eigenvalue weighted by Gasteiger charge is 2.79. The van der Waals surface area contributed by atoms with Gasteiger partial charge in [0.2, 0.25) is 0 Å². The minimum Gasteiger partial charge on any atom is -0.461 e. The second-order valence-corrected chi connectivity index (χ2v) is 15.3. The Balaban J connectivity index is 1.46. The van der Waals surface area contributed by atoms with Crippen molar-refractivity contribution in [1.82, 2.24) is 0 Å². The van der Waals surface area contributed by atoms with E-state index in [-0.39, 0.29) is 45.1 Å². The van der Waals surface area contributed by atoms with Gasteiger partial charge in [0.25, 0.3) is 0 Å². The number of fused-ring (bicyclic) bond motifs is 4. The predicted octanol–water partition coefficient (Wildman–Crippen LogP) is 6.97. The Kier molecular flexibility index (Phi) is 4.30. The Morgan fingerprint density at radius 3 is 2.15 bits per heavy atom. The molecule has 10 atom stereocenters. The van der Waals surface area contributed by atoms with Crippen molar-refractivity contribution in [3.63, 3.8) is 0 Å². The molecule has 7 rings (SSSR count). The van der Waals surface area contributed by atoms with Gasteiger partial charge in [-0.15, -0.1) is 0 Å². The van der Waals surface area contributed by atoms with Crippen molar-refractivity contribution in [2.24, 2.45) is 56.2 Å². The average Bonchev–Trinajstić information content (AvgIpc) is 2.72. The summed E-state index contributed by atoms with van der Waals surface area (Å²) in [4.78, 5) is 26.7. The van der Waals surface area contributed by atoms with Gasteiger partial charge in [-0.1, -0.05) is 48.5 Å². The van der Waals surface area contributed by atoms with Gasteiger partial charge >= 0.3 is 5.97 Å². The van der Waals surface area contributed by atoms with Crippen molar-refractivity contribution in [3.05, 3.63) is 0 Å². The van der Waals surface area contributed by atoms with Crippen LogP contribution in [0.25, 0.3) is 0 Å². The highest BCUT2D eigenvalue weighted by atomic mass is 16.6. The number of esters is 1. The molecule has 3 nitrogen and oxygen atoms in total. The maximum Gasteiger partial charge on any atom is 0.313 e. The maximum absolute atomic E-state index is 14.0. The number of ketones is 1. The van der Waals surface area contributed by atoms with E-state index in [1.54, 1.807) is 0 Å². The molecule has 5 aliphatic carbocycles. The zero-order valence-corrected chi connectivity index (χ0v) is 22.2. The van der Waals surface area contributed by atoms with Crippen LogP contribution < -0.4 is 0 Å². The molecule has 2 heterocycles. The van der Waals surface area contributed by atoms with Gasteiger partial charge in [0.15, 0.2) is 0 Å². The van der Waals surface area contributed by atoms with Crippen molar-refractivity contribution in [3.8, 4) is 0 Å². The van der Waals surface area contributed by atoms with Gasteiger partial charge < -0.3 is 4.74 Å². The summed E-state index contributed by atoms with van der Waals surface area (Å²) in [6.45, 7) is 17.0. The summed E-state index contributed by atoms with van der Waals surface area (Å²) < 4.78 is 6.34. The van der Waals surface area contributed by atoms with E-state index in [0.717, 1.165) is 38.5 Å². The number of rotatable bonds is 0. The fraction of sp³-hybridized carbons (Fsp3) is 0.933. The second kappa shape index (κ2) is 6.28. The lowest BCUT2D eigenvalue weighted by Crippen LogP contribution is -2.76. The molecular formula is C30H46O3. The van der Waals surface area contributed by atoms with Crippen LogP contribution in [0, 0.1) is 56.2 Å². The first-order valence-electron chi connectivity index (χ1n) is 14.0. The minimum atomic E-state index is -0.317. The number of hydrogen-bond donors (Lipinski definition) is 0. The summed E-state index contributed by atoms with van der Waals surface area (Å²) in [5.41, 5.74) is 0.497. The lowest BCUT2D eigenvalue weighted by molar-refractivity contribution is -0.319. The molecule has 184 valence electrons. The summed E-state index contributed by atoms with van der Waals surface area (Å²) in [7, 11) is 0. The third-order valence-electron chi connectivity index (χ3n) is 13.8. The number of carbonyl (C=O) groups excluding carboxylic acids is 2. The monoisotopic (exact) mass is 454 g/mol. The van der Waals surface area contributed by atoms with Crippen molar-refractivity contribution in [1.29, 1.82) is 0 Å². The van der Waals surface area contributed by atoms with E-state index >= 15 is 0 Å². The molecule has 2 aliphatic heterocycles. The molecule has 7 aliphatic rings. The van der Waals surface area contributed by atoms with Crippen LogP contribution in [-0.4, -0.2) is 17.9 Å².